The number of carbonyl (C=O) groups is 1. The van der Waals surface area contributed by atoms with Crippen molar-refractivity contribution in [3.05, 3.63) is 129 Å². The van der Waals surface area contributed by atoms with Crippen molar-refractivity contribution in [2.45, 2.75) is 36.6 Å². The monoisotopic (exact) mass is 645 g/mol. The van der Waals surface area contributed by atoms with E-state index in [1.54, 1.807) is 28.3 Å². The van der Waals surface area contributed by atoms with Crippen molar-refractivity contribution < 1.29 is 33.6 Å². The fourth-order valence-electron chi connectivity index (χ4n) is 5.67. The highest BCUT2D eigenvalue weighted by molar-refractivity contribution is 5.75. The van der Waals surface area contributed by atoms with Gasteiger partial charge in [0.15, 0.2) is 6.23 Å². The number of methoxy groups -OCH3 is 2. The first-order chi connectivity index (χ1) is 22.7. The van der Waals surface area contributed by atoms with Crippen molar-refractivity contribution in [1.82, 2.24) is 14.5 Å². The molecule has 1 aliphatic rings. The Bertz CT molecular complexity index is 1690. The second-order valence-corrected chi connectivity index (χ2v) is 11.3. The highest BCUT2D eigenvalue weighted by Crippen LogP contribution is 2.43. The summed E-state index contributed by atoms with van der Waals surface area (Å²) in [5, 5.41) is 11.6. The lowest BCUT2D eigenvalue weighted by Crippen LogP contribution is -2.41. The molecule has 0 saturated carbocycles. The lowest BCUT2D eigenvalue weighted by molar-refractivity contribution is -0.132. The van der Waals surface area contributed by atoms with E-state index < -0.39 is 41.4 Å². The van der Waals surface area contributed by atoms with Crippen molar-refractivity contribution in [1.29, 1.82) is 0 Å². The minimum absolute atomic E-state index is 0.0318. The summed E-state index contributed by atoms with van der Waals surface area (Å²) in [5.74, 6) is 1.17. The summed E-state index contributed by atoms with van der Waals surface area (Å²) in [7, 11) is 6.46. The molecule has 248 valence electrons. The third-order valence-electron chi connectivity index (χ3n) is 8.20. The van der Waals surface area contributed by atoms with Gasteiger partial charge < -0.3 is 33.7 Å². The minimum Gasteiger partial charge on any atom is -0.497 e. The number of benzene rings is 3. The van der Waals surface area contributed by atoms with Crippen LogP contribution >= 0.6 is 0 Å². The maximum absolute atomic E-state index is 12.8. The van der Waals surface area contributed by atoms with Gasteiger partial charge in [-0.2, -0.15) is 0 Å². The van der Waals surface area contributed by atoms with Gasteiger partial charge in [0.25, 0.3) is 5.56 Å². The number of hydrogen-bond acceptors (Lipinski definition) is 9. The largest absolute Gasteiger partial charge is 0.497 e. The number of aliphatic hydroxyl groups is 1. The molecule has 0 aliphatic carbocycles. The molecular weight excluding hydrogens is 606 g/mol. The zero-order valence-electron chi connectivity index (χ0n) is 26.7. The van der Waals surface area contributed by atoms with Gasteiger partial charge in [0.2, 0.25) is 5.91 Å². The van der Waals surface area contributed by atoms with Crippen molar-refractivity contribution in [2.75, 3.05) is 41.5 Å². The highest BCUT2D eigenvalue weighted by atomic mass is 16.6. The summed E-state index contributed by atoms with van der Waals surface area (Å²) >= 11 is 0. The van der Waals surface area contributed by atoms with Gasteiger partial charge in [-0.15, -0.1) is 0 Å². The van der Waals surface area contributed by atoms with Crippen molar-refractivity contribution in [3.63, 3.8) is 0 Å². The number of aromatic amines is 1. The van der Waals surface area contributed by atoms with Crippen LogP contribution in [0.1, 0.15) is 29.3 Å². The van der Waals surface area contributed by atoms with Crippen molar-refractivity contribution >= 4 is 5.91 Å². The normalized spacial score (nSPS) is 19.3. The Kier molecular flexibility index (Phi) is 10.6. The Labute approximate surface area is 272 Å². The molecule has 2 N–H and O–H groups in total. The minimum atomic E-state index is -1.27. The van der Waals surface area contributed by atoms with Gasteiger partial charge in [-0.3, -0.25) is 19.1 Å². The van der Waals surface area contributed by atoms with E-state index in [1.807, 2.05) is 78.9 Å². The summed E-state index contributed by atoms with van der Waals surface area (Å²) < 4.78 is 31.2. The molecular formula is C35H39N3O9. The zero-order chi connectivity index (χ0) is 33.6. The van der Waals surface area contributed by atoms with Crippen molar-refractivity contribution in [3.8, 4) is 11.5 Å². The third-order valence-corrected chi connectivity index (χ3v) is 8.20. The molecule has 0 bridgehead atoms. The molecule has 4 atom stereocenters. The Morgan fingerprint density at radius 3 is 2.00 bits per heavy atom. The molecule has 0 radical (unpaired) electrons. The number of H-pyrrole nitrogens is 1. The van der Waals surface area contributed by atoms with Crippen LogP contribution in [0.2, 0.25) is 0 Å². The van der Waals surface area contributed by atoms with E-state index in [0.717, 1.165) is 21.3 Å². The summed E-state index contributed by atoms with van der Waals surface area (Å²) in [6.45, 7) is -0.171. The van der Waals surface area contributed by atoms with Crippen LogP contribution in [0.25, 0.3) is 0 Å². The van der Waals surface area contributed by atoms with Crippen LogP contribution in [0.15, 0.2) is 101 Å². The number of nitrogens with zero attached hydrogens (tertiary/aromatic N) is 2. The van der Waals surface area contributed by atoms with Crippen LogP contribution in [0.3, 0.4) is 0 Å². The number of ether oxygens (including phenoxy) is 5. The van der Waals surface area contributed by atoms with E-state index in [-0.39, 0.29) is 25.5 Å². The average molecular weight is 646 g/mol. The van der Waals surface area contributed by atoms with E-state index in [9.17, 15) is 19.5 Å². The topological polar surface area (TPSA) is 142 Å². The molecule has 0 spiro atoms. The quantitative estimate of drug-likeness (QED) is 0.210. The Morgan fingerprint density at radius 1 is 0.894 bits per heavy atom. The van der Waals surface area contributed by atoms with Crippen LogP contribution < -0.4 is 20.7 Å². The van der Waals surface area contributed by atoms with E-state index >= 15 is 0 Å². The van der Waals surface area contributed by atoms with Crippen LogP contribution in [-0.4, -0.2) is 85.3 Å². The molecule has 4 aromatic rings. The SMILES string of the molecule is COc1ccc(C(OC[C@H]2O[C@@H](n3ccc(=O)[nH]c3=O)C(OCCC(=O)N(C)C)C2O)(c2ccccc2)c2ccc(OC)cc2)cc1. The molecule has 2 unspecified atom stereocenters. The molecule has 1 saturated heterocycles. The number of carbonyl (C=O) groups excluding carboxylic acids is 1. The van der Waals surface area contributed by atoms with Gasteiger partial charge in [0.05, 0.1) is 33.9 Å². The maximum Gasteiger partial charge on any atom is 0.330 e. The van der Waals surface area contributed by atoms with Gasteiger partial charge in [0, 0.05) is 26.4 Å². The third kappa shape index (κ3) is 7.15. The predicted molar refractivity (Wildman–Crippen MR) is 173 cm³/mol. The number of amides is 1. The fourth-order valence-corrected chi connectivity index (χ4v) is 5.67. The predicted octanol–water partition coefficient (Wildman–Crippen LogP) is 2.68. The van der Waals surface area contributed by atoms with Crippen LogP contribution in [0.4, 0.5) is 0 Å². The molecule has 1 aromatic heterocycles. The molecule has 1 aliphatic heterocycles. The number of hydrogen-bond donors (Lipinski definition) is 2. The van der Waals surface area contributed by atoms with Crippen LogP contribution in [0, 0.1) is 0 Å². The second-order valence-electron chi connectivity index (χ2n) is 11.3. The lowest BCUT2D eigenvalue weighted by atomic mass is 9.80. The molecule has 47 heavy (non-hydrogen) atoms. The Balaban J connectivity index is 1.53. The number of aromatic nitrogens is 2. The first-order valence-corrected chi connectivity index (χ1v) is 15.1. The van der Waals surface area contributed by atoms with Gasteiger partial charge in [0.1, 0.15) is 35.4 Å². The Morgan fingerprint density at radius 2 is 1.47 bits per heavy atom. The molecule has 1 amide bonds. The van der Waals surface area contributed by atoms with E-state index in [0.29, 0.717) is 11.5 Å². The molecule has 5 rings (SSSR count). The maximum atomic E-state index is 12.8. The smallest absolute Gasteiger partial charge is 0.330 e. The molecule has 1 fully saturated rings. The summed E-state index contributed by atoms with van der Waals surface area (Å²) in [5.41, 5.74) is -0.124. The highest BCUT2D eigenvalue weighted by Gasteiger charge is 2.48. The summed E-state index contributed by atoms with van der Waals surface area (Å²) in [4.78, 5) is 40.5. The van der Waals surface area contributed by atoms with Gasteiger partial charge in [-0.05, 0) is 41.0 Å². The summed E-state index contributed by atoms with van der Waals surface area (Å²) in [6, 6.07) is 25.9. The molecule has 12 nitrogen and oxygen atoms in total. The molecule has 12 heteroatoms. The zero-order valence-corrected chi connectivity index (χ0v) is 26.7. The van der Waals surface area contributed by atoms with Gasteiger partial charge >= 0.3 is 5.69 Å². The lowest BCUT2D eigenvalue weighted by Gasteiger charge is -2.37. The first-order valence-electron chi connectivity index (χ1n) is 15.1. The Hall–Kier alpha value is -4.75. The fraction of sp³-hybridized carbons (Fsp3) is 0.343. The number of nitrogens with one attached hydrogen (secondary N) is 1. The van der Waals surface area contributed by atoms with Gasteiger partial charge in [-0.1, -0.05) is 54.6 Å². The first kappa shape index (κ1) is 33.6. The number of aliphatic hydroxyl groups excluding tert-OH is 1. The average Bonchev–Trinajstić information content (AvgIpc) is 3.40. The molecule has 3 aromatic carbocycles. The van der Waals surface area contributed by atoms with E-state index in [4.69, 9.17) is 23.7 Å². The standard InChI is InChI=1S/C35H39N3O9/c1-37(2)30(40)19-21-45-32-31(41)28(47-33(32)38-20-18-29(39)36-34(38)42)22-46-35(23-8-6-5-7-9-23,24-10-14-26(43-3)15-11-24)25-12-16-27(44-4)17-13-25/h5-18,20,28,31-33,41H,19,21-22H2,1-4H3,(H,36,39,42)/t28-,31?,32?,33-/m1/s1. The van der Waals surface area contributed by atoms with Gasteiger partial charge in [-0.25, -0.2) is 4.79 Å². The van der Waals surface area contributed by atoms with E-state index in [2.05, 4.69) is 4.98 Å². The van der Waals surface area contributed by atoms with E-state index in [1.165, 1.54) is 17.2 Å². The van der Waals surface area contributed by atoms with Crippen LogP contribution in [0.5, 0.6) is 11.5 Å². The molecule has 2 heterocycles. The summed E-state index contributed by atoms with van der Waals surface area (Å²) in [6.07, 6.45) is -3.09. The van der Waals surface area contributed by atoms with Crippen LogP contribution in [-0.2, 0) is 24.6 Å². The number of rotatable bonds is 13. The van der Waals surface area contributed by atoms with Crippen molar-refractivity contribution in [2.24, 2.45) is 0 Å². The second kappa shape index (κ2) is 14.8.